The minimum atomic E-state index is 0.766. The average molecular weight is 447 g/mol. The van der Waals surface area contributed by atoms with Crippen molar-refractivity contribution < 1.29 is 0 Å². The molecule has 0 saturated heterocycles. The number of H-pyrrole nitrogens is 2. The summed E-state index contributed by atoms with van der Waals surface area (Å²) in [5, 5.41) is 8.71. The summed E-state index contributed by atoms with van der Waals surface area (Å²) in [5.74, 6) is 0. The lowest BCUT2D eigenvalue weighted by atomic mass is 10.1. The summed E-state index contributed by atoms with van der Waals surface area (Å²) in [6.07, 6.45) is 9.13. The molecule has 0 aliphatic carbocycles. The predicted molar refractivity (Wildman–Crippen MR) is 133 cm³/mol. The fourth-order valence-corrected chi connectivity index (χ4v) is 4.24. The topological polar surface area (TPSA) is 99.3 Å². The van der Waals surface area contributed by atoms with E-state index in [9.17, 15) is 0 Å². The molecule has 0 bridgehead atoms. The first-order valence-corrected chi connectivity index (χ1v) is 11.0. The van der Waals surface area contributed by atoms with E-state index in [1.54, 1.807) is 12.4 Å². The number of hydrogen-bond donors (Lipinski definition) is 2. The molecule has 0 amide bonds. The average Bonchev–Trinajstić information content (AvgIpc) is 3.48. The third-order valence-corrected chi connectivity index (χ3v) is 5.74. The molecule has 0 unspecified atom stereocenters. The van der Waals surface area contributed by atoms with Crippen LogP contribution in [0.15, 0.2) is 73.4 Å². The number of pyridine rings is 4. The number of hydrogen-bond acceptors (Lipinski definition) is 6. The van der Waals surface area contributed by atoms with Crippen molar-refractivity contribution in [3.63, 3.8) is 0 Å². The first-order valence-electron chi connectivity index (χ1n) is 11.0. The Morgan fingerprint density at radius 1 is 0.853 bits per heavy atom. The maximum Gasteiger partial charge on any atom is 0.135 e. The van der Waals surface area contributed by atoms with Gasteiger partial charge in [0.15, 0.2) is 0 Å². The lowest BCUT2D eigenvalue weighted by molar-refractivity contribution is 0.402. The van der Waals surface area contributed by atoms with Gasteiger partial charge in [0.2, 0.25) is 0 Å². The first kappa shape index (κ1) is 20.2. The summed E-state index contributed by atoms with van der Waals surface area (Å²) in [4.78, 5) is 23.8. The van der Waals surface area contributed by atoms with Crippen LogP contribution in [-0.4, -0.2) is 54.1 Å². The maximum atomic E-state index is 4.96. The molecule has 0 aromatic carbocycles. The second-order valence-corrected chi connectivity index (χ2v) is 8.53. The van der Waals surface area contributed by atoms with Crippen LogP contribution < -0.4 is 0 Å². The van der Waals surface area contributed by atoms with Crippen LogP contribution in [0.3, 0.4) is 0 Å². The summed E-state index contributed by atoms with van der Waals surface area (Å²) in [6, 6.07) is 14.1. The van der Waals surface area contributed by atoms with Gasteiger partial charge in [0, 0.05) is 59.6 Å². The zero-order valence-corrected chi connectivity index (χ0v) is 18.8. The highest BCUT2D eigenvalue weighted by atomic mass is 15.1. The second-order valence-electron chi connectivity index (χ2n) is 8.53. The second kappa shape index (κ2) is 8.17. The van der Waals surface area contributed by atoms with Crippen LogP contribution in [0.25, 0.3) is 55.8 Å². The number of fused-ring (bicyclic) bond motifs is 2. The Hall–Kier alpha value is -4.43. The molecule has 6 aromatic heterocycles. The zero-order valence-electron chi connectivity index (χ0n) is 18.8. The van der Waals surface area contributed by atoms with E-state index in [2.05, 4.69) is 47.2 Å². The number of aromatic nitrogens is 7. The Morgan fingerprint density at radius 3 is 2.62 bits per heavy atom. The highest BCUT2D eigenvalue weighted by Gasteiger charge is 2.16. The van der Waals surface area contributed by atoms with Crippen molar-refractivity contribution in [3.8, 4) is 33.9 Å². The Morgan fingerprint density at radius 2 is 1.76 bits per heavy atom. The van der Waals surface area contributed by atoms with Gasteiger partial charge in [-0.25, -0.2) is 4.98 Å². The molecule has 0 fully saturated rings. The van der Waals surface area contributed by atoms with Gasteiger partial charge in [0.25, 0.3) is 0 Å². The fraction of sp³-hybridized carbons (Fsp3) is 0.115. The van der Waals surface area contributed by atoms with Gasteiger partial charge in [-0.3, -0.25) is 20.1 Å². The van der Waals surface area contributed by atoms with Crippen LogP contribution in [-0.2, 0) is 6.54 Å². The first-order chi connectivity index (χ1) is 16.7. The Balaban J connectivity index is 1.45. The molecule has 2 N–H and O–H groups in total. The van der Waals surface area contributed by atoms with Gasteiger partial charge in [0.1, 0.15) is 11.2 Å². The molecule has 0 aliphatic heterocycles. The van der Waals surface area contributed by atoms with Crippen LogP contribution in [0, 0.1) is 0 Å². The molecule has 0 saturated carbocycles. The quantitative estimate of drug-likeness (QED) is 0.399. The van der Waals surface area contributed by atoms with Crippen molar-refractivity contribution in [3.05, 3.63) is 79.0 Å². The summed E-state index contributed by atoms with van der Waals surface area (Å²) >= 11 is 0. The zero-order chi connectivity index (χ0) is 23.1. The molecule has 34 heavy (non-hydrogen) atoms. The maximum absolute atomic E-state index is 4.96. The van der Waals surface area contributed by atoms with Crippen molar-refractivity contribution in [2.75, 3.05) is 14.1 Å². The van der Waals surface area contributed by atoms with Crippen molar-refractivity contribution in [1.82, 2.24) is 40.0 Å². The molecule has 0 aliphatic rings. The van der Waals surface area contributed by atoms with Crippen molar-refractivity contribution in [2.24, 2.45) is 0 Å². The van der Waals surface area contributed by atoms with Crippen LogP contribution in [0.1, 0.15) is 5.56 Å². The van der Waals surface area contributed by atoms with Gasteiger partial charge < -0.3 is 9.88 Å². The molecule has 8 heteroatoms. The van der Waals surface area contributed by atoms with E-state index in [0.29, 0.717) is 0 Å². The van der Waals surface area contributed by atoms with Gasteiger partial charge >= 0.3 is 0 Å². The van der Waals surface area contributed by atoms with E-state index in [1.807, 2.05) is 63.0 Å². The van der Waals surface area contributed by atoms with E-state index >= 15 is 0 Å². The number of rotatable bonds is 5. The summed E-state index contributed by atoms with van der Waals surface area (Å²) < 4.78 is 0. The number of nitrogens with one attached hydrogen (secondary N) is 2. The molecule has 8 nitrogen and oxygen atoms in total. The minimum absolute atomic E-state index is 0.766. The molecular weight excluding hydrogens is 424 g/mol. The van der Waals surface area contributed by atoms with Gasteiger partial charge in [-0.2, -0.15) is 5.10 Å². The van der Waals surface area contributed by atoms with E-state index < -0.39 is 0 Å². The molecular formula is C26H22N8. The fourth-order valence-electron chi connectivity index (χ4n) is 4.24. The Kier molecular flexibility index (Phi) is 4.85. The predicted octanol–water partition coefficient (Wildman–Crippen LogP) is 4.69. The largest absolute Gasteiger partial charge is 0.353 e. The Labute approximate surface area is 195 Å². The van der Waals surface area contributed by atoms with Crippen molar-refractivity contribution in [2.45, 2.75) is 6.54 Å². The van der Waals surface area contributed by atoms with Crippen LogP contribution in [0.4, 0.5) is 0 Å². The smallest absolute Gasteiger partial charge is 0.135 e. The van der Waals surface area contributed by atoms with Crippen LogP contribution >= 0.6 is 0 Å². The summed E-state index contributed by atoms with van der Waals surface area (Å²) in [6.45, 7) is 0.822. The normalized spacial score (nSPS) is 11.6. The molecule has 6 rings (SSSR count). The third-order valence-electron chi connectivity index (χ3n) is 5.74. The van der Waals surface area contributed by atoms with E-state index in [1.165, 1.54) is 0 Å². The monoisotopic (exact) mass is 446 g/mol. The lowest BCUT2D eigenvalue weighted by Crippen LogP contribution is -2.10. The van der Waals surface area contributed by atoms with Crippen LogP contribution in [0.2, 0.25) is 0 Å². The van der Waals surface area contributed by atoms with Crippen molar-refractivity contribution >= 4 is 21.9 Å². The Bertz CT molecular complexity index is 1610. The van der Waals surface area contributed by atoms with E-state index in [4.69, 9.17) is 4.98 Å². The molecule has 6 heterocycles. The standard InChI is InChI=1S/C26H22N8/c1-34(2)15-16-10-18(14-28-12-16)20-5-6-22-25(31-20)26(33-32-22)23-11-19-21(30-23)7-9-29-24(19)17-4-3-8-27-13-17/h3-14,30H,15H2,1-2H3,(H,32,33). The van der Waals surface area contributed by atoms with Gasteiger partial charge in [-0.05, 0) is 62.1 Å². The summed E-state index contributed by atoms with van der Waals surface area (Å²) in [5.41, 5.74) is 9.13. The van der Waals surface area contributed by atoms with E-state index in [0.717, 1.165) is 67.9 Å². The molecule has 6 aromatic rings. The lowest BCUT2D eigenvalue weighted by Gasteiger charge is -2.10. The minimum Gasteiger partial charge on any atom is -0.353 e. The van der Waals surface area contributed by atoms with Gasteiger partial charge in [-0.1, -0.05) is 0 Å². The molecule has 166 valence electrons. The molecule has 0 spiro atoms. The highest BCUT2D eigenvalue weighted by Crippen LogP contribution is 2.33. The summed E-state index contributed by atoms with van der Waals surface area (Å²) in [7, 11) is 4.09. The van der Waals surface area contributed by atoms with Crippen LogP contribution in [0.5, 0.6) is 0 Å². The highest BCUT2D eigenvalue weighted by molar-refractivity contribution is 5.99. The van der Waals surface area contributed by atoms with Gasteiger partial charge in [-0.15, -0.1) is 0 Å². The SMILES string of the molecule is CN(C)Cc1cncc(-c2ccc3[nH]nc(-c4cc5c(-c6cccnc6)nccc5[nH]4)c3n2)c1. The van der Waals surface area contributed by atoms with Gasteiger partial charge in [0.05, 0.1) is 22.6 Å². The molecule has 0 radical (unpaired) electrons. The number of aromatic amines is 2. The van der Waals surface area contributed by atoms with Crippen molar-refractivity contribution in [1.29, 1.82) is 0 Å². The third kappa shape index (κ3) is 3.60. The number of nitrogens with zero attached hydrogens (tertiary/aromatic N) is 6. The van der Waals surface area contributed by atoms with E-state index in [-0.39, 0.29) is 0 Å². The molecule has 0 atom stereocenters.